The molecule has 2 aromatic rings. The SMILES string of the molecule is Cc1cccc(C(O)C(CN)c2cccc(Cl)c2F)c1C. The lowest BCUT2D eigenvalue weighted by Gasteiger charge is -2.25. The Hall–Kier alpha value is -1.42. The number of aliphatic hydroxyl groups excluding tert-OH is 1. The second kappa shape index (κ2) is 6.56. The monoisotopic (exact) mass is 307 g/mol. The quantitative estimate of drug-likeness (QED) is 0.900. The first kappa shape index (κ1) is 16.0. The lowest BCUT2D eigenvalue weighted by Crippen LogP contribution is -2.22. The van der Waals surface area contributed by atoms with Crippen LogP contribution < -0.4 is 5.73 Å². The van der Waals surface area contributed by atoms with E-state index in [-0.39, 0.29) is 11.6 Å². The van der Waals surface area contributed by atoms with E-state index in [2.05, 4.69) is 0 Å². The molecule has 2 unspecified atom stereocenters. The highest BCUT2D eigenvalue weighted by atomic mass is 35.5. The van der Waals surface area contributed by atoms with Crippen LogP contribution in [-0.4, -0.2) is 11.7 Å². The number of halogens is 2. The molecule has 0 bridgehead atoms. The van der Waals surface area contributed by atoms with E-state index in [0.29, 0.717) is 5.56 Å². The molecule has 112 valence electrons. The van der Waals surface area contributed by atoms with Gasteiger partial charge in [-0.1, -0.05) is 41.9 Å². The van der Waals surface area contributed by atoms with Crippen molar-refractivity contribution >= 4 is 11.6 Å². The highest BCUT2D eigenvalue weighted by Crippen LogP contribution is 2.35. The summed E-state index contributed by atoms with van der Waals surface area (Å²) >= 11 is 5.82. The Morgan fingerprint density at radius 2 is 1.76 bits per heavy atom. The number of nitrogens with two attached hydrogens (primary N) is 1. The number of rotatable bonds is 4. The molecule has 0 saturated heterocycles. The van der Waals surface area contributed by atoms with E-state index in [4.69, 9.17) is 17.3 Å². The van der Waals surface area contributed by atoms with Gasteiger partial charge >= 0.3 is 0 Å². The summed E-state index contributed by atoms with van der Waals surface area (Å²) in [6.07, 6.45) is -0.872. The summed E-state index contributed by atoms with van der Waals surface area (Å²) in [5.74, 6) is -1.05. The van der Waals surface area contributed by atoms with Crippen molar-refractivity contribution in [3.05, 3.63) is 69.5 Å². The first-order chi connectivity index (χ1) is 9.97. The van der Waals surface area contributed by atoms with Crippen molar-refractivity contribution in [1.82, 2.24) is 0 Å². The van der Waals surface area contributed by atoms with Gasteiger partial charge in [0, 0.05) is 12.5 Å². The molecule has 0 amide bonds. The number of aryl methyl sites for hydroxylation is 1. The third kappa shape index (κ3) is 3.10. The molecule has 0 aromatic heterocycles. The van der Waals surface area contributed by atoms with E-state index in [1.54, 1.807) is 12.1 Å². The van der Waals surface area contributed by atoms with Crippen molar-refractivity contribution in [2.24, 2.45) is 5.73 Å². The summed E-state index contributed by atoms with van der Waals surface area (Å²) in [6, 6.07) is 10.5. The standard InChI is InChI=1S/C17H19ClFNO/c1-10-5-3-6-12(11(10)2)17(21)14(9-20)13-7-4-8-15(18)16(13)19/h3-8,14,17,21H,9,20H2,1-2H3. The van der Waals surface area contributed by atoms with Crippen molar-refractivity contribution in [1.29, 1.82) is 0 Å². The largest absolute Gasteiger partial charge is 0.388 e. The molecule has 0 aliphatic rings. The van der Waals surface area contributed by atoms with Crippen LogP contribution in [0.1, 0.15) is 34.3 Å². The highest BCUT2D eigenvalue weighted by molar-refractivity contribution is 6.30. The highest BCUT2D eigenvalue weighted by Gasteiger charge is 2.26. The van der Waals surface area contributed by atoms with Crippen molar-refractivity contribution in [3.8, 4) is 0 Å². The second-order valence-corrected chi connectivity index (χ2v) is 5.63. The third-order valence-corrected chi connectivity index (χ3v) is 4.27. The van der Waals surface area contributed by atoms with E-state index in [1.165, 1.54) is 6.07 Å². The lowest BCUT2D eigenvalue weighted by atomic mass is 9.86. The summed E-state index contributed by atoms with van der Waals surface area (Å²) in [5.41, 5.74) is 8.96. The zero-order valence-corrected chi connectivity index (χ0v) is 12.9. The van der Waals surface area contributed by atoms with Crippen LogP contribution >= 0.6 is 11.6 Å². The van der Waals surface area contributed by atoms with Gasteiger partial charge in [0.05, 0.1) is 11.1 Å². The fourth-order valence-electron chi connectivity index (χ4n) is 2.54. The van der Waals surface area contributed by atoms with Crippen LogP contribution in [0.25, 0.3) is 0 Å². The fourth-order valence-corrected chi connectivity index (χ4v) is 2.73. The predicted octanol–water partition coefficient (Wildman–Crippen LogP) is 3.87. The van der Waals surface area contributed by atoms with Gasteiger partial charge in [-0.15, -0.1) is 0 Å². The molecule has 0 heterocycles. The average molecular weight is 308 g/mol. The minimum atomic E-state index is -0.872. The topological polar surface area (TPSA) is 46.2 Å². The Morgan fingerprint density at radius 3 is 2.43 bits per heavy atom. The summed E-state index contributed by atoms with van der Waals surface area (Å²) < 4.78 is 14.2. The van der Waals surface area contributed by atoms with Gasteiger partial charge in [0.1, 0.15) is 5.82 Å². The van der Waals surface area contributed by atoms with Crippen molar-refractivity contribution in [2.75, 3.05) is 6.54 Å². The Bertz CT molecular complexity index is 645. The number of hydrogen-bond acceptors (Lipinski definition) is 2. The molecule has 0 fully saturated rings. The predicted molar refractivity (Wildman–Crippen MR) is 84.1 cm³/mol. The molecular weight excluding hydrogens is 289 g/mol. The van der Waals surface area contributed by atoms with Gasteiger partial charge < -0.3 is 10.8 Å². The van der Waals surface area contributed by atoms with Crippen LogP contribution in [0.2, 0.25) is 5.02 Å². The summed E-state index contributed by atoms with van der Waals surface area (Å²) in [7, 11) is 0. The average Bonchev–Trinajstić information content (AvgIpc) is 2.47. The molecule has 0 aliphatic heterocycles. The molecule has 2 nitrogen and oxygen atoms in total. The van der Waals surface area contributed by atoms with Gasteiger partial charge in [0.2, 0.25) is 0 Å². The number of aliphatic hydroxyl groups is 1. The Labute approximate surface area is 129 Å². The zero-order valence-electron chi connectivity index (χ0n) is 12.1. The van der Waals surface area contributed by atoms with E-state index < -0.39 is 17.8 Å². The van der Waals surface area contributed by atoms with Gasteiger partial charge in [0.25, 0.3) is 0 Å². The molecule has 0 saturated carbocycles. The Balaban J connectivity index is 2.46. The van der Waals surface area contributed by atoms with Crippen LogP contribution in [-0.2, 0) is 0 Å². The summed E-state index contributed by atoms with van der Waals surface area (Å²) in [5, 5.41) is 10.7. The van der Waals surface area contributed by atoms with Crippen molar-refractivity contribution in [3.63, 3.8) is 0 Å². The van der Waals surface area contributed by atoms with Gasteiger partial charge in [-0.2, -0.15) is 0 Å². The maximum atomic E-state index is 14.2. The molecule has 21 heavy (non-hydrogen) atoms. The van der Waals surface area contributed by atoms with Gasteiger partial charge in [-0.25, -0.2) is 4.39 Å². The third-order valence-electron chi connectivity index (χ3n) is 3.98. The van der Waals surface area contributed by atoms with Crippen LogP contribution in [0.15, 0.2) is 36.4 Å². The maximum absolute atomic E-state index is 14.2. The number of hydrogen-bond donors (Lipinski definition) is 2. The van der Waals surface area contributed by atoms with E-state index in [1.807, 2.05) is 32.0 Å². The smallest absolute Gasteiger partial charge is 0.145 e. The molecule has 3 N–H and O–H groups in total. The van der Waals surface area contributed by atoms with Gasteiger partial charge in [0.15, 0.2) is 0 Å². The fraction of sp³-hybridized carbons (Fsp3) is 0.294. The lowest BCUT2D eigenvalue weighted by molar-refractivity contribution is 0.145. The summed E-state index contributed by atoms with van der Waals surface area (Å²) in [4.78, 5) is 0. The minimum absolute atomic E-state index is 0.0408. The molecule has 2 aromatic carbocycles. The van der Waals surface area contributed by atoms with E-state index in [9.17, 15) is 9.50 Å². The van der Waals surface area contributed by atoms with E-state index >= 15 is 0 Å². The normalized spacial score (nSPS) is 14.0. The Kier molecular flexibility index (Phi) is 4.99. The molecular formula is C17H19ClFNO. The maximum Gasteiger partial charge on any atom is 0.145 e. The van der Waals surface area contributed by atoms with Crippen LogP contribution in [0.3, 0.4) is 0 Å². The minimum Gasteiger partial charge on any atom is -0.388 e. The molecule has 2 atom stereocenters. The van der Waals surface area contributed by atoms with Gasteiger partial charge in [-0.3, -0.25) is 0 Å². The summed E-state index contributed by atoms with van der Waals surface area (Å²) in [6.45, 7) is 4.05. The zero-order chi connectivity index (χ0) is 15.6. The molecule has 4 heteroatoms. The van der Waals surface area contributed by atoms with Crippen molar-refractivity contribution in [2.45, 2.75) is 25.9 Å². The van der Waals surface area contributed by atoms with E-state index in [0.717, 1.165) is 16.7 Å². The van der Waals surface area contributed by atoms with Crippen LogP contribution in [0.5, 0.6) is 0 Å². The first-order valence-electron chi connectivity index (χ1n) is 6.85. The second-order valence-electron chi connectivity index (χ2n) is 5.22. The van der Waals surface area contributed by atoms with Gasteiger partial charge in [-0.05, 0) is 42.2 Å². The first-order valence-corrected chi connectivity index (χ1v) is 7.23. The molecule has 0 aliphatic carbocycles. The van der Waals surface area contributed by atoms with Crippen molar-refractivity contribution < 1.29 is 9.50 Å². The van der Waals surface area contributed by atoms with Crippen LogP contribution in [0.4, 0.5) is 4.39 Å². The Morgan fingerprint density at radius 1 is 1.14 bits per heavy atom. The molecule has 0 spiro atoms. The van der Waals surface area contributed by atoms with Crippen LogP contribution in [0, 0.1) is 19.7 Å². The number of benzene rings is 2. The molecule has 0 radical (unpaired) electrons. The molecule has 2 rings (SSSR count).